The number of hydrogen-bond acceptors (Lipinski definition) is 4. The Bertz CT molecular complexity index is 507. The maximum absolute atomic E-state index is 12.6. The summed E-state index contributed by atoms with van der Waals surface area (Å²) in [4.78, 5) is 46.8. The minimum absolute atomic E-state index is 0.0213. The van der Waals surface area contributed by atoms with Gasteiger partial charge in [0.2, 0.25) is 5.91 Å². The van der Waals surface area contributed by atoms with Gasteiger partial charge in [0.25, 0.3) is 0 Å². The number of carboxylic acid groups (broad SMARTS) is 2. The van der Waals surface area contributed by atoms with Crippen LogP contribution in [0, 0.1) is 0 Å². The molecule has 0 spiro atoms. The van der Waals surface area contributed by atoms with Crippen LogP contribution < -0.4 is 21.3 Å². The van der Waals surface area contributed by atoms with E-state index in [1.807, 2.05) is 0 Å². The van der Waals surface area contributed by atoms with E-state index in [1.54, 1.807) is 4.90 Å². The van der Waals surface area contributed by atoms with Crippen LogP contribution in [0.25, 0.3) is 0 Å². The van der Waals surface area contributed by atoms with Crippen LogP contribution in [0.4, 0.5) is 14.4 Å². The molecule has 26 heavy (non-hydrogen) atoms. The molecule has 11 heteroatoms. The van der Waals surface area contributed by atoms with Crippen LogP contribution in [0.5, 0.6) is 0 Å². The first-order valence-corrected chi connectivity index (χ1v) is 8.56. The van der Waals surface area contributed by atoms with Crippen LogP contribution in [0.3, 0.4) is 0 Å². The van der Waals surface area contributed by atoms with Gasteiger partial charge < -0.3 is 36.4 Å². The van der Waals surface area contributed by atoms with Gasteiger partial charge >= 0.3 is 18.2 Å². The van der Waals surface area contributed by atoms with E-state index in [2.05, 4.69) is 21.3 Å². The molecule has 1 atom stereocenters. The number of carbonyl (C=O) groups excluding carboxylic acids is 2. The van der Waals surface area contributed by atoms with E-state index in [4.69, 9.17) is 10.2 Å². The van der Waals surface area contributed by atoms with E-state index >= 15 is 0 Å². The standard InChI is InChI=1S/C15H27N5O6/c1-16-13(22)18-10-5-8-20(9-6-10)12(21)11(19-15(25)26)4-2-3-7-17-14(23)24/h10-11,17,19H,2-9H2,1H3,(H,23,24)(H,25,26)(H2,16,18,22). The molecule has 0 aromatic carbocycles. The van der Waals surface area contributed by atoms with E-state index in [-0.39, 0.29) is 24.5 Å². The van der Waals surface area contributed by atoms with Gasteiger partial charge in [-0.1, -0.05) is 0 Å². The monoisotopic (exact) mass is 373 g/mol. The van der Waals surface area contributed by atoms with Gasteiger partial charge in [0, 0.05) is 32.7 Å². The molecule has 0 aromatic heterocycles. The first kappa shape index (κ1) is 21.3. The molecule has 1 aliphatic rings. The normalized spacial score (nSPS) is 15.7. The molecule has 0 bridgehead atoms. The van der Waals surface area contributed by atoms with Gasteiger partial charge in [-0.05, 0) is 32.1 Å². The fourth-order valence-electron chi connectivity index (χ4n) is 2.80. The highest BCUT2D eigenvalue weighted by atomic mass is 16.4. The second-order valence-electron chi connectivity index (χ2n) is 6.05. The zero-order chi connectivity index (χ0) is 19.5. The first-order valence-electron chi connectivity index (χ1n) is 8.56. The second kappa shape index (κ2) is 11.0. The van der Waals surface area contributed by atoms with Crippen LogP contribution in [0.15, 0.2) is 0 Å². The van der Waals surface area contributed by atoms with Gasteiger partial charge in [0.15, 0.2) is 0 Å². The summed E-state index contributed by atoms with van der Waals surface area (Å²) in [7, 11) is 1.53. The topological polar surface area (TPSA) is 160 Å². The van der Waals surface area contributed by atoms with Crippen molar-refractivity contribution in [3.63, 3.8) is 0 Å². The van der Waals surface area contributed by atoms with Crippen molar-refractivity contribution in [1.29, 1.82) is 0 Å². The lowest BCUT2D eigenvalue weighted by Crippen LogP contribution is -2.53. The van der Waals surface area contributed by atoms with Gasteiger partial charge in [-0.25, -0.2) is 14.4 Å². The third-order valence-electron chi connectivity index (χ3n) is 4.16. The quantitative estimate of drug-likeness (QED) is 0.328. The van der Waals surface area contributed by atoms with Crippen molar-refractivity contribution in [3.8, 4) is 0 Å². The average molecular weight is 373 g/mol. The largest absolute Gasteiger partial charge is 0.465 e. The summed E-state index contributed by atoms with van der Waals surface area (Å²) in [6, 6.07) is -1.15. The number of rotatable bonds is 8. The molecule has 1 aliphatic heterocycles. The molecule has 0 saturated carbocycles. The smallest absolute Gasteiger partial charge is 0.405 e. The van der Waals surface area contributed by atoms with Gasteiger partial charge in [-0.3, -0.25) is 4.79 Å². The third kappa shape index (κ3) is 7.90. The van der Waals surface area contributed by atoms with Crippen molar-refractivity contribution in [2.24, 2.45) is 0 Å². The molecule has 5 amide bonds. The molecule has 6 N–H and O–H groups in total. The number of nitrogens with one attached hydrogen (secondary N) is 4. The number of urea groups is 1. The summed E-state index contributed by atoms with van der Waals surface area (Å²) in [5.41, 5.74) is 0. The van der Waals surface area contributed by atoms with Crippen LogP contribution in [0.1, 0.15) is 32.1 Å². The molecule has 1 unspecified atom stereocenters. The molecule has 0 radical (unpaired) electrons. The van der Waals surface area contributed by atoms with Crippen LogP contribution in [-0.4, -0.2) is 78.0 Å². The van der Waals surface area contributed by atoms with Gasteiger partial charge in [0.1, 0.15) is 6.04 Å². The number of hydrogen-bond donors (Lipinski definition) is 6. The Morgan fingerprint density at radius 1 is 1.08 bits per heavy atom. The lowest BCUT2D eigenvalue weighted by atomic mass is 10.0. The van der Waals surface area contributed by atoms with Crippen LogP contribution in [0.2, 0.25) is 0 Å². The predicted octanol–water partition coefficient (Wildman–Crippen LogP) is -0.0195. The number of unbranched alkanes of at least 4 members (excludes halogenated alkanes) is 1. The zero-order valence-corrected chi connectivity index (χ0v) is 14.8. The maximum Gasteiger partial charge on any atom is 0.405 e. The molecule has 0 aliphatic carbocycles. The van der Waals surface area contributed by atoms with E-state index in [0.717, 1.165) is 0 Å². The van der Waals surface area contributed by atoms with E-state index in [1.165, 1.54) is 7.05 Å². The van der Waals surface area contributed by atoms with E-state index in [0.29, 0.717) is 45.2 Å². The average Bonchev–Trinajstić information content (AvgIpc) is 2.59. The highest BCUT2D eigenvalue weighted by molar-refractivity contribution is 5.85. The Labute approximate surface area is 151 Å². The summed E-state index contributed by atoms with van der Waals surface area (Å²) in [5.74, 6) is -0.294. The highest BCUT2D eigenvalue weighted by Gasteiger charge is 2.29. The lowest BCUT2D eigenvalue weighted by molar-refractivity contribution is -0.134. The molecule has 1 rings (SSSR count). The molecule has 11 nitrogen and oxygen atoms in total. The predicted molar refractivity (Wildman–Crippen MR) is 92.0 cm³/mol. The van der Waals surface area contributed by atoms with Gasteiger partial charge in [0.05, 0.1) is 0 Å². The fraction of sp³-hybridized carbons (Fsp3) is 0.733. The van der Waals surface area contributed by atoms with Crippen molar-refractivity contribution in [3.05, 3.63) is 0 Å². The molecule has 1 heterocycles. The zero-order valence-electron chi connectivity index (χ0n) is 14.8. The molecule has 1 saturated heterocycles. The number of amides is 5. The molecular weight excluding hydrogens is 346 g/mol. The third-order valence-corrected chi connectivity index (χ3v) is 4.16. The fourth-order valence-corrected chi connectivity index (χ4v) is 2.80. The number of piperidine rings is 1. The number of likely N-dealkylation sites (tertiary alicyclic amines) is 1. The Morgan fingerprint density at radius 3 is 2.27 bits per heavy atom. The first-order chi connectivity index (χ1) is 12.3. The van der Waals surface area contributed by atoms with Crippen LogP contribution >= 0.6 is 0 Å². The lowest BCUT2D eigenvalue weighted by Gasteiger charge is -2.34. The van der Waals surface area contributed by atoms with E-state index in [9.17, 15) is 19.2 Å². The van der Waals surface area contributed by atoms with Crippen molar-refractivity contribution in [1.82, 2.24) is 26.2 Å². The Hall–Kier alpha value is -2.72. The summed E-state index contributed by atoms with van der Waals surface area (Å²) in [6.07, 6.45) is 0.116. The molecule has 148 valence electrons. The summed E-state index contributed by atoms with van der Waals surface area (Å²) >= 11 is 0. The summed E-state index contributed by atoms with van der Waals surface area (Å²) in [5, 5.41) is 27.2. The Morgan fingerprint density at radius 2 is 1.73 bits per heavy atom. The van der Waals surface area contributed by atoms with Crippen LogP contribution in [-0.2, 0) is 4.79 Å². The van der Waals surface area contributed by atoms with Gasteiger partial charge in [-0.15, -0.1) is 0 Å². The Balaban J connectivity index is 2.46. The highest BCUT2D eigenvalue weighted by Crippen LogP contribution is 2.13. The minimum atomic E-state index is -1.27. The SMILES string of the molecule is CNC(=O)NC1CCN(C(=O)C(CCCCNC(=O)O)NC(=O)O)CC1. The maximum atomic E-state index is 12.6. The second-order valence-corrected chi connectivity index (χ2v) is 6.05. The van der Waals surface area contributed by atoms with Gasteiger partial charge in [-0.2, -0.15) is 0 Å². The molecular formula is C15H27N5O6. The van der Waals surface area contributed by atoms with Crippen molar-refractivity contribution < 1.29 is 29.4 Å². The number of nitrogens with zero attached hydrogens (tertiary/aromatic N) is 1. The summed E-state index contributed by atoms with van der Waals surface area (Å²) in [6.45, 7) is 1.12. The summed E-state index contributed by atoms with van der Waals surface area (Å²) < 4.78 is 0. The Kier molecular flexibility index (Phi) is 9.02. The van der Waals surface area contributed by atoms with E-state index < -0.39 is 18.2 Å². The minimum Gasteiger partial charge on any atom is -0.465 e. The number of carbonyl (C=O) groups is 4. The molecule has 0 aromatic rings. The van der Waals surface area contributed by atoms with Crippen molar-refractivity contribution in [2.75, 3.05) is 26.7 Å². The van der Waals surface area contributed by atoms with Crippen molar-refractivity contribution in [2.45, 2.75) is 44.2 Å². The molecule has 1 fully saturated rings. The van der Waals surface area contributed by atoms with Crippen molar-refractivity contribution >= 4 is 24.1 Å².